The fraction of sp³-hybridized carbons (Fsp3) is 0.250. The molecule has 0 fully saturated rings. The summed E-state index contributed by atoms with van der Waals surface area (Å²) < 4.78 is 20.0. The second-order valence-corrected chi connectivity index (χ2v) is 6.47. The maximum absolute atomic E-state index is 13.3. The van der Waals surface area contributed by atoms with E-state index < -0.39 is 17.6 Å². The number of amides is 2. The van der Waals surface area contributed by atoms with Gasteiger partial charge in [-0.2, -0.15) is 0 Å². The van der Waals surface area contributed by atoms with Crippen LogP contribution in [0, 0.1) is 5.82 Å². The average molecular weight is 422 g/mol. The normalized spacial score (nSPS) is 10.3. The lowest BCUT2D eigenvalue weighted by atomic mass is 10.2. The molecule has 2 N–H and O–H groups in total. The standard InChI is InChI=1S/C20H21ClFN3O4/c1-3-25-9-7-14(10-19(25)27)20(28)23-8-6-13(2)24-18(26)12-29-15-4-5-16(21)17(22)11-15/h4-5,7,9-11H,2-3,6,8,12H2,1H3,(H,23,28)(H,24,26). The molecule has 0 aliphatic carbocycles. The second-order valence-electron chi connectivity index (χ2n) is 6.06. The van der Waals surface area contributed by atoms with Gasteiger partial charge >= 0.3 is 0 Å². The van der Waals surface area contributed by atoms with Crippen LogP contribution in [0.25, 0.3) is 0 Å². The molecule has 0 radical (unpaired) electrons. The molecule has 0 aliphatic heterocycles. The smallest absolute Gasteiger partial charge is 0.262 e. The van der Waals surface area contributed by atoms with Crippen LogP contribution in [0.2, 0.25) is 5.02 Å². The van der Waals surface area contributed by atoms with Crippen LogP contribution in [-0.4, -0.2) is 29.5 Å². The highest BCUT2D eigenvalue weighted by Gasteiger charge is 2.09. The zero-order valence-electron chi connectivity index (χ0n) is 15.8. The quantitative estimate of drug-likeness (QED) is 0.651. The van der Waals surface area contributed by atoms with E-state index in [4.69, 9.17) is 16.3 Å². The number of carbonyl (C=O) groups excluding carboxylic acids is 2. The van der Waals surface area contributed by atoms with Crippen molar-refractivity contribution in [3.63, 3.8) is 0 Å². The van der Waals surface area contributed by atoms with E-state index in [2.05, 4.69) is 17.2 Å². The van der Waals surface area contributed by atoms with E-state index in [1.54, 1.807) is 12.3 Å². The molecular weight excluding hydrogens is 401 g/mol. The Kier molecular flexibility index (Phi) is 7.97. The second kappa shape index (κ2) is 10.4. The molecule has 2 rings (SSSR count). The van der Waals surface area contributed by atoms with Crippen LogP contribution < -0.4 is 20.9 Å². The first kappa shape index (κ1) is 22.2. The lowest BCUT2D eigenvalue weighted by molar-refractivity contribution is -0.122. The van der Waals surface area contributed by atoms with Gasteiger partial charge in [0.15, 0.2) is 6.61 Å². The Bertz CT molecular complexity index is 974. The number of pyridine rings is 1. The lowest BCUT2D eigenvalue weighted by Gasteiger charge is -2.11. The van der Waals surface area contributed by atoms with Gasteiger partial charge in [-0.1, -0.05) is 18.2 Å². The molecule has 2 aromatic rings. The van der Waals surface area contributed by atoms with E-state index in [0.29, 0.717) is 18.7 Å². The average Bonchev–Trinajstić information content (AvgIpc) is 2.68. The summed E-state index contributed by atoms with van der Waals surface area (Å²) in [7, 11) is 0. The van der Waals surface area contributed by atoms with Gasteiger partial charge in [0.1, 0.15) is 11.6 Å². The summed E-state index contributed by atoms with van der Waals surface area (Å²) in [6, 6.07) is 6.69. The van der Waals surface area contributed by atoms with E-state index in [-0.39, 0.29) is 35.0 Å². The molecule has 154 valence electrons. The predicted molar refractivity (Wildman–Crippen MR) is 108 cm³/mol. The molecule has 7 nitrogen and oxygen atoms in total. The van der Waals surface area contributed by atoms with Gasteiger partial charge in [-0.25, -0.2) is 4.39 Å². The third-order valence-corrected chi connectivity index (χ3v) is 4.20. The number of aromatic nitrogens is 1. The summed E-state index contributed by atoms with van der Waals surface area (Å²) >= 11 is 5.58. The third kappa shape index (κ3) is 6.76. The molecule has 0 spiro atoms. The number of rotatable bonds is 9. The summed E-state index contributed by atoms with van der Waals surface area (Å²) in [5.41, 5.74) is 0.387. The van der Waals surface area contributed by atoms with Gasteiger partial charge in [0.05, 0.1) is 5.02 Å². The van der Waals surface area contributed by atoms with Crippen LogP contribution in [0.1, 0.15) is 23.7 Å². The number of hydrogen-bond acceptors (Lipinski definition) is 4. The monoisotopic (exact) mass is 421 g/mol. The fourth-order valence-electron chi connectivity index (χ4n) is 2.35. The maximum Gasteiger partial charge on any atom is 0.262 e. The molecule has 0 unspecified atom stereocenters. The van der Waals surface area contributed by atoms with Crippen molar-refractivity contribution in [1.29, 1.82) is 0 Å². The molecule has 1 aromatic carbocycles. The summed E-state index contributed by atoms with van der Waals surface area (Å²) in [5, 5.41) is 5.15. The first-order chi connectivity index (χ1) is 13.8. The maximum atomic E-state index is 13.3. The SMILES string of the molecule is C=C(CCNC(=O)c1ccn(CC)c(=O)c1)NC(=O)COc1ccc(Cl)c(F)c1. The molecule has 29 heavy (non-hydrogen) atoms. The van der Waals surface area contributed by atoms with E-state index in [1.807, 2.05) is 6.92 Å². The van der Waals surface area contributed by atoms with Crippen LogP contribution in [-0.2, 0) is 11.3 Å². The number of aryl methyl sites for hydroxylation is 1. The van der Waals surface area contributed by atoms with Crippen LogP contribution in [0.4, 0.5) is 4.39 Å². The minimum atomic E-state index is -0.642. The van der Waals surface area contributed by atoms with Crippen molar-refractivity contribution in [3.05, 3.63) is 75.6 Å². The molecule has 0 aliphatic rings. The van der Waals surface area contributed by atoms with Crippen molar-refractivity contribution in [2.24, 2.45) is 0 Å². The predicted octanol–water partition coefficient (Wildman–Crippen LogP) is 2.49. The molecule has 0 saturated carbocycles. The zero-order valence-corrected chi connectivity index (χ0v) is 16.6. The van der Waals surface area contributed by atoms with E-state index in [9.17, 15) is 18.8 Å². The minimum absolute atomic E-state index is 0.0382. The molecule has 1 heterocycles. The third-order valence-electron chi connectivity index (χ3n) is 3.89. The van der Waals surface area contributed by atoms with Crippen LogP contribution in [0.3, 0.4) is 0 Å². The first-order valence-electron chi connectivity index (χ1n) is 8.84. The Morgan fingerprint density at radius 3 is 2.69 bits per heavy atom. The number of nitrogens with zero attached hydrogens (tertiary/aromatic N) is 1. The highest BCUT2D eigenvalue weighted by molar-refractivity contribution is 6.30. The van der Waals surface area contributed by atoms with Gasteiger partial charge in [0.2, 0.25) is 0 Å². The highest BCUT2D eigenvalue weighted by atomic mass is 35.5. The number of carbonyl (C=O) groups is 2. The van der Waals surface area contributed by atoms with Gasteiger partial charge in [-0.15, -0.1) is 0 Å². The van der Waals surface area contributed by atoms with Gasteiger partial charge in [-0.05, 0) is 25.1 Å². The van der Waals surface area contributed by atoms with Gasteiger partial charge in [-0.3, -0.25) is 14.4 Å². The lowest BCUT2D eigenvalue weighted by Crippen LogP contribution is -2.31. The van der Waals surface area contributed by atoms with Crippen molar-refractivity contribution in [3.8, 4) is 5.75 Å². The minimum Gasteiger partial charge on any atom is -0.484 e. The highest BCUT2D eigenvalue weighted by Crippen LogP contribution is 2.20. The molecule has 0 atom stereocenters. The van der Waals surface area contributed by atoms with Gasteiger partial charge in [0.25, 0.3) is 17.4 Å². The van der Waals surface area contributed by atoms with E-state index >= 15 is 0 Å². The van der Waals surface area contributed by atoms with Gasteiger partial charge in [0, 0.05) is 49.1 Å². The van der Waals surface area contributed by atoms with Crippen molar-refractivity contribution in [1.82, 2.24) is 15.2 Å². The Labute approximate surface area is 172 Å². The number of hydrogen-bond donors (Lipinski definition) is 2. The Morgan fingerprint density at radius 2 is 2.03 bits per heavy atom. The number of benzene rings is 1. The molecule has 2 amide bonds. The summed E-state index contributed by atoms with van der Waals surface area (Å²) in [5.74, 6) is -1.33. The Hall–Kier alpha value is -3.13. The van der Waals surface area contributed by atoms with Crippen LogP contribution >= 0.6 is 11.6 Å². The van der Waals surface area contributed by atoms with Crippen molar-refractivity contribution in [2.45, 2.75) is 19.9 Å². The zero-order chi connectivity index (χ0) is 21.4. The topological polar surface area (TPSA) is 89.4 Å². The van der Waals surface area contributed by atoms with Crippen LogP contribution in [0.5, 0.6) is 5.75 Å². The molecule has 0 saturated heterocycles. The fourth-order valence-corrected chi connectivity index (χ4v) is 2.47. The first-order valence-corrected chi connectivity index (χ1v) is 9.22. The van der Waals surface area contributed by atoms with Crippen molar-refractivity contribution >= 4 is 23.4 Å². The van der Waals surface area contributed by atoms with E-state index in [0.717, 1.165) is 6.07 Å². The Morgan fingerprint density at radius 1 is 1.28 bits per heavy atom. The summed E-state index contributed by atoms with van der Waals surface area (Å²) in [6.45, 7) is 5.96. The summed E-state index contributed by atoms with van der Waals surface area (Å²) in [4.78, 5) is 35.7. The Balaban J connectivity index is 1.72. The van der Waals surface area contributed by atoms with Gasteiger partial charge < -0.3 is 19.9 Å². The van der Waals surface area contributed by atoms with Crippen LogP contribution in [0.15, 0.2) is 53.6 Å². The largest absolute Gasteiger partial charge is 0.484 e. The number of ether oxygens (including phenoxy) is 1. The molecule has 0 bridgehead atoms. The molecule has 1 aromatic heterocycles. The van der Waals surface area contributed by atoms with Crippen molar-refractivity contribution < 1.29 is 18.7 Å². The summed E-state index contributed by atoms with van der Waals surface area (Å²) in [6.07, 6.45) is 1.85. The number of nitrogens with one attached hydrogen (secondary N) is 2. The number of halogens is 2. The van der Waals surface area contributed by atoms with Crippen molar-refractivity contribution in [2.75, 3.05) is 13.2 Å². The molecular formula is C20H21ClFN3O4. The van der Waals surface area contributed by atoms with E-state index in [1.165, 1.54) is 22.8 Å². The molecule has 9 heteroatoms.